The number of halogens is 1. The number of rotatable bonds is 12. The molecule has 34 heavy (non-hydrogen) atoms. The van der Waals surface area contributed by atoms with Crippen LogP contribution in [0.25, 0.3) is 0 Å². The van der Waals surface area contributed by atoms with E-state index in [1.165, 1.54) is 34.6 Å². The molecule has 9 heteroatoms. The molecule has 0 spiro atoms. The third-order valence-electron chi connectivity index (χ3n) is 5.85. The van der Waals surface area contributed by atoms with Gasteiger partial charge in [-0.15, -0.1) is 0 Å². The first-order valence-corrected chi connectivity index (χ1v) is 13.1. The van der Waals surface area contributed by atoms with Crippen molar-refractivity contribution in [3.63, 3.8) is 0 Å². The van der Waals surface area contributed by atoms with Crippen molar-refractivity contribution in [2.24, 2.45) is 0 Å². The largest absolute Gasteiger partial charge is 0.478 e. The summed E-state index contributed by atoms with van der Waals surface area (Å²) in [6.07, 6.45) is 4.77. The highest BCUT2D eigenvalue weighted by Crippen LogP contribution is 2.22. The van der Waals surface area contributed by atoms with Gasteiger partial charge in [0.25, 0.3) is 5.91 Å². The molecule has 182 valence electrons. The summed E-state index contributed by atoms with van der Waals surface area (Å²) in [4.78, 5) is 35.7. The number of hydrazine groups is 1. The minimum absolute atomic E-state index is 0.155. The van der Waals surface area contributed by atoms with Crippen LogP contribution in [0.4, 0.5) is 0 Å². The van der Waals surface area contributed by atoms with Crippen LogP contribution >= 0.6 is 11.6 Å². The van der Waals surface area contributed by atoms with Gasteiger partial charge in [-0.25, -0.2) is 9.80 Å². The number of aromatic carboxylic acids is 1. The van der Waals surface area contributed by atoms with E-state index in [0.29, 0.717) is 12.1 Å². The van der Waals surface area contributed by atoms with E-state index in [-0.39, 0.29) is 29.7 Å². The fourth-order valence-corrected chi connectivity index (χ4v) is 5.35. The average Bonchev–Trinajstić information content (AvgIpc) is 2.80. The van der Waals surface area contributed by atoms with Gasteiger partial charge in [-0.3, -0.25) is 18.8 Å². The third-order valence-corrected chi connectivity index (χ3v) is 7.70. The van der Waals surface area contributed by atoms with Gasteiger partial charge in [0.2, 0.25) is 5.91 Å². The molecule has 0 bridgehead atoms. The number of aryl methyl sites for hydroxylation is 1. The summed E-state index contributed by atoms with van der Waals surface area (Å²) in [7, 11) is -1.44. The van der Waals surface area contributed by atoms with E-state index in [0.717, 1.165) is 37.1 Å². The lowest BCUT2D eigenvalue weighted by Crippen LogP contribution is -2.65. The van der Waals surface area contributed by atoms with Crippen molar-refractivity contribution in [1.82, 2.24) is 10.0 Å². The Morgan fingerprint density at radius 3 is 2.24 bits per heavy atom. The average molecular weight is 505 g/mol. The van der Waals surface area contributed by atoms with Gasteiger partial charge >= 0.3 is 5.97 Å². The molecule has 7 nitrogen and oxygen atoms in total. The predicted molar refractivity (Wildman–Crippen MR) is 132 cm³/mol. The van der Waals surface area contributed by atoms with Crippen LogP contribution in [0.1, 0.15) is 54.1 Å². The minimum atomic E-state index is -1.44. The Labute approximate surface area is 207 Å². The lowest BCUT2D eigenvalue weighted by molar-refractivity contribution is -0.173. The van der Waals surface area contributed by atoms with Gasteiger partial charge < -0.3 is 5.11 Å². The summed E-state index contributed by atoms with van der Waals surface area (Å²) in [5, 5.41) is 11.9. The number of β-lactam (4-membered cyclic amide) rings is 1. The van der Waals surface area contributed by atoms with Crippen LogP contribution in [-0.4, -0.2) is 55.5 Å². The van der Waals surface area contributed by atoms with Crippen LogP contribution in [0.5, 0.6) is 0 Å². The van der Waals surface area contributed by atoms with Gasteiger partial charge in [0.1, 0.15) is 5.25 Å². The summed E-state index contributed by atoms with van der Waals surface area (Å²) in [6.45, 7) is 2.13. The topological polar surface area (TPSA) is 95.0 Å². The fraction of sp³-hybridized carbons (Fsp3) is 0.400. The van der Waals surface area contributed by atoms with Crippen LogP contribution in [0.15, 0.2) is 48.5 Å². The van der Waals surface area contributed by atoms with Gasteiger partial charge in [-0.2, -0.15) is 0 Å². The maximum Gasteiger partial charge on any atom is 0.335 e. The zero-order chi connectivity index (χ0) is 24.7. The van der Waals surface area contributed by atoms with Gasteiger partial charge in [-0.1, -0.05) is 48.7 Å². The molecule has 1 aliphatic rings. The zero-order valence-corrected chi connectivity index (χ0v) is 20.7. The van der Waals surface area contributed by atoms with E-state index < -0.39 is 22.0 Å². The highest BCUT2D eigenvalue weighted by atomic mass is 35.5. The third kappa shape index (κ3) is 6.90. The van der Waals surface area contributed by atoms with Gasteiger partial charge in [-0.05, 0) is 54.7 Å². The normalized spacial score (nSPS) is 16.1. The number of benzene rings is 2. The van der Waals surface area contributed by atoms with Crippen LogP contribution in [0.3, 0.4) is 0 Å². The maximum absolute atomic E-state index is 12.7. The maximum atomic E-state index is 12.7. The summed E-state index contributed by atoms with van der Waals surface area (Å²) in [6, 6.07) is 14.0. The highest BCUT2D eigenvalue weighted by Gasteiger charge is 2.44. The Morgan fingerprint density at radius 1 is 1.03 bits per heavy atom. The van der Waals surface area contributed by atoms with Crippen molar-refractivity contribution in [3.8, 4) is 0 Å². The van der Waals surface area contributed by atoms with Gasteiger partial charge in [0, 0.05) is 35.0 Å². The number of carbonyl (C=O) groups excluding carboxylic acids is 2. The van der Waals surface area contributed by atoms with Crippen molar-refractivity contribution in [2.75, 3.05) is 13.1 Å². The molecule has 1 heterocycles. The van der Waals surface area contributed by atoms with Crippen LogP contribution in [0, 0.1) is 0 Å². The summed E-state index contributed by atoms with van der Waals surface area (Å²) in [5.41, 5.74) is 2.11. The molecule has 2 aromatic carbocycles. The number of hydrogen-bond donors (Lipinski definition) is 1. The molecule has 2 aromatic rings. The molecule has 3 rings (SSSR count). The first-order chi connectivity index (χ1) is 16.3. The molecular weight excluding hydrogens is 476 g/mol. The molecule has 1 saturated heterocycles. The van der Waals surface area contributed by atoms with Crippen molar-refractivity contribution < 1.29 is 23.7 Å². The van der Waals surface area contributed by atoms with Crippen molar-refractivity contribution in [3.05, 3.63) is 70.2 Å². The van der Waals surface area contributed by atoms with Crippen molar-refractivity contribution >= 4 is 40.2 Å². The lowest BCUT2D eigenvalue weighted by Gasteiger charge is -2.44. The Hall–Kier alpha value is -2.71. The molecule has 1 N–H and O–H groups in total. The number of carboxylic acid groups (broad SMARTS) is 1. The monoisotopic (exact) mass is 504 g/mol. The predicted octanol–water partition coefficient (Wildman–Crippen LogP) is 4.06. The Balaban J connectivity index is 1.40. The molecule has 0 saturated carbocycles. The van der Waals surface area contributed by atoms with Crippen LogP contribution < -0.4 is 0 Å². The Kier molecular flexibility index (Phi) is 9.24. The second-order valence-electron chi connectivity index (χ2n) is 8.37. The molecule has 1 fully saturated rings. The summed E-state index contributed by atoms with van der Waals surface area (Å²) < 4.78 is 12.7. The molecule has 0 radical (unpaired) electrons. The first kappa shape index (κ1) is 25.9. The number of carboxylic acids is 1. The van der Waals surface area contributed by atoms with Gasteiger partial charge in [0.05, 0.1) is 12.1 Å². The second kappa shape index (κ2) is 12.1. The number of amides is 2. The second-order valence-corrected chi connectivity index (χ2v) is 10.4. The highest BCUT2D eigenvalue weighted by molar-refractivity contribution is 7.85. The van der Waals surface area contributed by atoms with E-state index in [1.807, 2.05) is 24.3 Å². The number of hydrogen-bond acceptors (Lipinski definition) is 4. The van der Waals surface area contributed by atoms with Gasteiger partial charge in [0.15, 0.2) is 0 Å². The van der Waals surface area contributed by atoms with E-state index >= 15 is 0 Å². The molecule has 2 amide bonds. The van der Waals surface area contributed by atoms with Crippen LogP contribution in [-0.2, 0) is 32.6 Å². The number of nitrogens with zero attached hydrogens (tertiary/aromatic N) is 2. The van der Waals surface area contributed by atoms with E-state index in [1.54, 1.807) is 12.1 Å². The van der Waals surface area contributed by atoms with Crippen molar-refractivity contribution in [1.29, 1.82) is 0 Å². The molecule has 1 aliphatic heterocycles. The molecule has 0 aromatic heterocycles. The summed E-state index contributed by atoms with van der Waals surface area (Å²) in [5.74, 6) is -1.37. The number of carbonyl (C=O) groups is 3. The SMILES string of the molecule is CC(=O)N(CCCCCCc1ccc(Cl)cc1)N1CC(S(=O)Cc2ccc(C(=O)O)cc2)C1=O. The Morgan fingerprint density at radius 2 is 1.65 bits per heavy atom. The van der Waals surface area contributed by atoms with Crippen molar-refractivity contribution in [2.45, 2.75) is 50.0 Å². The smallest absolute Gasteiger partial charge is 0.335 e. The standard InChI is InChI=1S/C25H29ClN2O5S/c1-18(29)27(15-5-3-2-4-6-19-9-13-22(26)14-10-19)28-16-23(24(28)30)34(33)17-20-7-11-21(12-8-20)25(31)32/h7-14,23H,2-6,15-17H2,1H3,(H,31,32). The molecule has 2 unspecified atom stereocenters. The number of unbranched alkanes of at least 4 members (excludes halogenated alkanes) is 3. The Bertz CT molecular complexity index is 1040. The van der Waals surface area contributed by atoms with E-state index in [4.69, 9.17) is 16.7 Å². The van der Waals surface area contributed by atoms with E-state index in [2.05, 4.69) is 0 Å². The van der Waals surface area contributed by atoms with E-state index in [9.17, 15) is 18.6 Å². The zero-order valence-electron chi connectivity index (χ0n) is 19.1. The van der Waals surface area contributed by atoms with Crippen LogP contribution in [0.2, 0.25) is 5.02 Å². The molecule has 2 atom stereocenters. The first-order valence-electron chi connectivity index (χ1n) is 11.3. The quantitative estimate of drug-likeness (QED) is 0.347. The summed E-state index contributed by atoms with van der Waals surface area (Å²) >= 11 is 5.90. The lowest BCUT2D eigenvalue weighted by atomic mass is 10.1. The minimum Gasteiger partial charge on any atom is -0.478 e. The fourth-order valence-electron chi connectivity index (χ4n) is 3.84. The molecule has 0 aliphatic carbocycles. The molecular formula is C25H29ClN2O5S.